The van der Waals surface area contributed by atoms with Gasteiger partial charge in [0, 0.05) is 5.02 Å². The van der Waals surface area contributed by atoms with Crippen LogP contribution in [0.4, 0.5) is 0 Å². The van der Waals surface area contributed by atoms with Gasteiger partial charge in [-0.3, -0.25) is 0 Å². The maximum atomic E-state index is 11.6. The molecule has 1 aromatic carbocycles. The Morgan fingerprint density at radius 3 is 2.71 bits per heavy atom. The third kappa shape index (κ3) is 2.83. The van der Waals surface area contributed by atoms with E-state index in [1.165, 1.54) is 18.4 Å². The first-order valence-electron chi connectivity index (χ1n) is 4.48. The lowest BCUT2D eigenvalue weighted by atomic mass is 10.3. The summed E-state index contributed by atoms with van der Waals surface area (Å²) in [4.78, 5) is 11.6. The van der Waals surface area contributed by atoms with E-state index in [2.05, 4.69) is 15.9 Å². The average molecular weight is 336 g/mol. The fourth-order valence-electron chi connectivity index (χ4n) is 1.16. The van der Waals surface area contributed by atoms with Gasteiger partial charge < -0.3 is 9.15 Å². The Bertz CT molecular complexity index is 529. The molecule has 0 N–H and O–H groups in total. The van der Waals surface area contributed by atoms with Gasteiger partial charge in [-0.05, 0) is 40.2 Å². The summed E-state index contributed by atoms with van der Waals surface area (Å²) in [6, 6.07) is 6.16. The van der Waals surface area contributed by atoms with Crippen LogP contribution in [0.2, 0.25) is 10.0 Å². The number of hydrogen-bond donors (Lipinski definition) is 0. The van der Waals surface area contributed by atoms with E-state index in [1.54, 1.807) is 12.1 Å². The molecule has 0 aliphatic rings. The van der Waals surface area contributed by atoms with Gasteiger partial charge >= 0.3 is 5.97 Å². The molecule has 0 amide bonds. The minimum absolute atomic E-state index is 0.0999. The summed E-state index contributed by atoms with van der Waals surface area (Å²) in [6.45, 7) is 0. The molecule has 0 unspecified atom stereocenters. The van der Waals surface area contributed by atoms with E-state index in [9.17, 15) is 4.79 Å². The first-order valence-corrected chi connectivity index (χ1v) is 6.03. The highest BCUT2D eigenvalue weighted by molar-refractivity contribution is 9.10. The Kier molecular flexibility index (Phi) is 3.76. The maximum absolute atomic E-state index is 11.6. The van der Waals surface area contributed by atoms with Crippen molar-refractivity contribution in [3.63, 3.8) is 0 Å². The van der Waals surface area contributed by atoms with Gasteiger partial charge in [-0.15, -0.1) is 0 Å². The predicted octanol–water partition coefficient (Wildman–Crippen LogP) is 4.57. The monoisotopic (exact) mass is 334 g/mol. The van der Waals surface area contributed by atoms with Gasteiger partial charge in [-0.2, -0.15) is 0 Å². The van der Waals surface area contributed by atoms with Crippen LogP contribution in [-0.2, 0) is 0 Å². The highest BCUT2D eigenvalue weighted by atomic mass is 79.9. The highest BCUT2D eigenvalue weighted by Gasteiger charge is 2.16. The van der Waals surface area contributed by atoms with Crippen molar-refractivity contribution in [3.05, 3.63) is 50.8 Å². The van der Waals surface area contributed by atoms with Gasteiger partial charge in [0.15, 0.2) is 5.75 Å². The SMILES string of the molecule is O=C(Oc1c(Cl)cc(Cl)cc1Br)c1ccco1. The molecule has 0 saturated carbocycles. The van der Waals surface area contributed by atoms with Gasteiger partial charge in [-0.25, -0.2) is 4.79 Å². The van der Waals surface area contributed by atoms with Crippen molar-refractivity contribution in [2.45, 2.75) is 0 Å². The lowest BCUT2D eigenvalue weighted by molar-refractivity contribution is 0.0700. The van der Waals surface area contributed by atoms with Crippen LogP contribution >= 0.6 is 39.1 Å². The number of halogens is 3. The number of hydrogen-bond acceptors (Lipinski definition) is 3. The fourth-order valence-corrected chi connectivity index (χ4v) is 2.48. The quantitative estimate of drug-likeness (QED) is 0.596. The van der Waals surface area contributed by atoms with Crippen LogP contribution in [0.3, 0.4) is 0 Å². The molecule has 0 atom stereocenters. The van der Waals surface area contributed by atoms with Gasteiger partial charge in [0.05, 0.1) is 15.8 Å². The summed E-state index contributed by atoms with van der Waals surface area (Å²) in [5.74, 6) is -0.319. The molecule has 1 heterocycles. The molecule has 88 valence electrons. The molecular formula is C11H5BrCl2O3. The molecule has 17 heavy (non-hydrogen) atoms. The fraction of sp³-hybridized carbons (Fsp3) is 0. The Labute approximate surface area is 115 Å². The minimum atomic E-state index is -0.625. The van der Waals surface area contributed by atoms with Crippen LogP contribution in [0.5, 0.6) is 5.75 Å². The molecular weight excluding hydrogens is 331 g/mol. The smallest absolute Gasteiger partial charge is 0.379 e. The van der Waals surface area contributed by atoms with E-state index in [0.717, 1.165) is 0 Å². The second-order valence-electron chi connectivity index (χ2n) is 3.07. The molecule has 1 aromatic heterocycles. The summed E-state index contributed by atoms with van der Waals surface area (Å²) in [5, 5.41) is 0.684. The van der Waals surface area contributed by atoms with Crippen molar-refractivity contribution in [1.29, 1.82) is 0 Å². The lowest BCUT2D eigenvalue weighted by Crippen LogP contribution is -2.07. The molecule has 0 saturated heterocycles. The van der Waals surface area contributed by atoms with Crippen LogP contribution < -0.4 is 4.74 Å². The van der Waals surface area contributed by atoms with Crippen molar-refractivity contribution >= 4 is 45.1 Å². The summed E-state index contributed by atoms with van der Waals surface area (Å²) < 4.78 is 10.5. The lowest BCUT2D eigenvalue weighted by Gasteiger charge is -2.07. The number of furan rings is 1. The van der Waals surface area contributed by atoms with Crippen LogP contribution in [0, 0.1) is 0 Å². The van der Waals surface area contributed by atoms with Gasteiger partial charge in [0.1, 0.15) is 0 Å². The van der Waals surface area contributed by atoms with E-state index in [-0.39, 0.29) is 16.5 Å². The number of benzene rings is 1. The minimum Gasteiger partial charge on any atom is -0.457 e. The maximum Gasteiger partial charge on any atom is 0.379 e. The van der Waals surface area contributed by atoms with Crippen LogP contribution in [0.15, 0.2) is 39.4 Å². The van der Waals surface area contributed by atoms with E-state index in [0.29, 0.717) is 9.50 Å². The summed E-state index contributed by atoms with van der Waals surface area (Å²) in [6.07, 6.45) is 1.38. The average Bonchev–Trinajstić information content (AvgIpc) is 2.76. The second kappa shape index (κ2) is 5.12. The number of esters is 1. The normalized spacial score (nSPS) is 10.3. The summed E-state index contributed by atoms with van der Waals surface area (Å²) in [5.41, 5.74) is 0. The first-order chi connectivity index (χ1) is 8.08. The van der Waals surface area contributed by atoms with Crippen LogP contribution in [0.25, 0.3) is 0 Å². The van der Waals surface area contributed by atoms with Crippen molar-refractivity contribution in [2.75, 3.05) is 0 Å². The van der Waals surface area contributed by atoms with E-state index in [4.69, 9.17) is 32.4 Å². The molecule has 0 fully saturated rings. The zero-order valence-electron chi connectivity index (χ0n) is 8.25. The molecule has 3 nitrogen and oxygen atoms in total. The topological polar surface area (TPSA) is 39.4 Å². The Balaban J connectivity index is 2.28. The molecule has 0 bridgehead atoms. The van der Waals surface area contributed by atoms with Gasteiger partial charge in [0.25, 0.3) is 0 Å². The van der Waals surface area contributed by atoms with Gasteiger partial charge in [-0.1, -0.05) is 23.2 Å². The van der Waals surface area contributed by atoms with Crippen molar-refractivity contribution in [3.8, 4) is 5.75 Å². The van der Waals surface area contributed by atoms with Crippen LogP contribution in [-0.4, -0.2) is 5.97 Å². The van der Waals surface area contributed by atoms with Crippen molar-refractivity contribution < 1.29 is 13.9 Å². The van der Waals surface area contributed by atoms with Crippen molar-refractivity contribution in [1.82, 2.24) is 0 Å². The van der Waals surface area contributed by atoms with E-state index in [1.807, 2.05) is 0 Å². The predicted molar refractivity (Wildman–Crippen MR) is 67.8 cm³/mol. The van der Waals surface area contributed by atoms with E-state index < -0.39 is 5.97 Å². The summed E-state index contributed by atoms with van der Waals surface area (Å²) in [7, 11) is 0. The highest BCUT2D eigenvalue weighted by Crippen LogP contribution is 2.36. The van der Waals surface area contributed by atoms with Gasteiger partial charge in [0.2, 0.25) is 5.76 Å². The zero-order valence-corrected chi connectivity index (χ0v) is 11.3. The van der Waals surface area contributed by atoms with Crippen molar-refractivity contribution in [2.24, 2.45) is 0 Å². The number of rotatable bonds is 2. The third-order valence-electron chi connectivity index (χ3n) is 1.88. The largest absolute Gasteiger partial charge is 0.457 e. The molecule has 2 rings (SSSR count). The standard InChI is InChI=1S/C11H5BrCl2O3/c12-7-4-6(13)5-8(14)10(7)17-11(15)9-2-1-3-16-9/h1-5H. The summed E-state index contributed by atoms with van der Waals surface area (Å²) >= 11 is 14.9. The second-order valence-corrected chi connectivity index (χ2v) is 4.76. The van der Waals surface area contributed by atoms with Crippen LogP contribution in [0.1, 0.15) is 10.6 Å². The molecule has 0 spiro atoms. The van der Waals surface area contributed by atoms with E-state index >= 15 is 0 Å². The Morgan fingerprint density at radius 1 is 1.35 bits per heavy atom. The molecule has 6 heteroatoms. The number of carbonyl (C=O) groups excluding carboxylic acids is 1. The third-order valence-corrected chi connectivity index (χ3v) is 2.97. The Morgan fingerprint density at radius 2 is 2.12 bits per heavy atom. The molecule has 0 radical (unpaired) electrons. The number of carbonyl (C=O) groups is 1. The first kappa shape index (κ1) is 12.5. The zero-order chi connectivity index (χ0) is 12.4. The molecule has 0 aliphatic heterocycles. The Hall–Kier alpha value is -0.970. The number of ether oxygens (including phenoxy) is 1. The molecule has 2 aromatic rings. The molecule has 0 aliphatic carbocycles.